The maximum atomic E-state index is 12.4. The molecule has 90 valence electrons. The molecule has 0 aliphatic heterocycles. The normalized spacial score (nSPS) is 13.8. The van der Waals surface area contributed by atoms with Crippen molar-refractivity contribution in [3.8, 4) is 5.75 Å². The minimum absolute atomic E-state index is 0.0644. The molecule has 1 atom stereocenters. The molecule has 16 heavy (non-hydrogen) atoms. The third-order valence-electron chi connectivity index (χ3n) is 2.11. The lowest BCUT2D eigenvalue weighted by atomic mass is 10.0. The molecule has 0 bridgehead atoms. The van der Waals surface area contributed by atoms with Crippen molar-refractivity contribution >= 4 is 0 Å². The Morgan fingerprint density at radius 1 is 1.38 bits per heavy atom. The zero-order valence-corrected chi connectivity index (χ0v) is 8.54. The summed E-state index contributed by atoms with van der Waals surface area (Å²) in [7, 11) is 1.55. The van der Waals surface area contributed by atoms with Crippen LogP contribution in [0.3, 0.4) is 0 Å². The highest BCUT2D eigenvalue weighted by Crippen LogP contribution is 2.34. The van der Waals surface area contributed by atoms with Crippen LogP contribution >= 0.6 is 0 Å². The van der Waals surface area contributed by atoms with Gasteiger partial charge in [0, 0.05) is 12.1 Å². The summed E-state index contributed by atoms with van der Waals surface area (Å²) in [5, 5.41) is 21.5. The largest absolute Gasteiger partial charge is 0.508 e. The van der Waals surface area contributed by atoms with Crippen molar-refractivity contribution in [3.05, 3.63) is 29.3 Å². The Hall–Kier alpha value is -1.27. The average Bonchev–Trinajstić information content (AvgIpc) is 2.16. The maximum absolute atomic E-state index is 12.4. The van der Waals surface area contributed by atoms with Crippen LogP contribution in [0.25, 0.3) is 0 Å². The first kappa shape index (κ1) is 12.8. The number of aliphatic hydroxyl groups excluding tert-OH is 1. The van der Waals surface area contributed by atoms with Crippen molar-refractivity contribution in [2.45, 2.75) is 12.3 Å². The van der Waals surface area contributed by atoms with Gasteiger partial charge in [-0.1, -0.05) is 0 Å². The molecule has 0 heterocycles. The van der Waals surface area contributed by atoms with Crippen LogP contribution in [0.5, 0.6) is 5.75 Å². The van der Waals surface area contributed by atoms with E-state index in [1.807, 2.05) is 0 Å². The van der Waals surface area contributed by atoms with Crippen molar-refractivity contribution < 1.29 is 23.4 Å². The molecular formula is C10H12F3NO2. The molecule has 0 saturated carbocycles. The number of aliphatic hydroxyl groups is 1. The van der Waals surface area contributed by atoms with Crippen LogP contribution in [0, 0.1) is 0 Å². The van der Waals surface area contributed by atoms with Crippen molar-refractivity contribution in [3.63, 3.8) is 0 Å². The Bertz CT molecular complexity index is 366. The van der Waals surface area contributed by atoms with Gasteiger partial charge in [0.25, 0.3) is 0 Å². The first-order chi connectivity index (χ1) is 7.36. The minimum Gasteiger partial charge on any atom is -0.508 e. The van der Waals surface area contributed by atoms with Gasteiger partial charge < -0.3 is 15.5 Å². The predicted octanol–water partition coefficient (Wildman–Crippen LogP) is 1.66. The minimum atomic E-state index is -4.48. The van der Waals surface area contributed by atoms with E-state index in [9.17, 15) is 23.4 Å². The maximum Gasteiger partial charge on any atom is 0.416 e. The van der Waals surface area contributed by atoms with Crippen molar-refractivity contribution in [1.82, 2.24) is 5.32 Å². The lowest BCUT2D eigenvalue weighted by Gasteiger charge is -2.14. The Balaban J connectivity index is 3.09. The topological polar surface area (TPSA) is 52.5 Å². The first-order valence-corrected chi connectivity index (χ1v) is 4.59. The van der Waals surface area contributed by atoms with E-state index < -0.39 is 17.8 Å². The van der Waals surface area contributed by atoms with Crippen LogP contribution in [-0.2, 0) is 6.18 Å². The van der Waals surface area contributed by atoms with Crippen LogP contribution in [0.2, 0.25) is 0 Å². The number of likely N-dealkylation sites (N-methyl/N-ethyl adjacent to an activating group) is 1. The Kier molecular flexibility index (Phi) is 3.77. The van der Waals surface area contributed by atoms with Gasteiger partial charge in [-0.25, -0.2) is 0 Å². The predicted molar refractivity (Wildman–Crippen MR) is 52.0 cm³/mol. The van der Waals surface area contributed by atoms with Gasteiger partial charge in [0.15, 0.2) is 0 Å². The summed E-state index contributed by atoms with van der Waals surface area (Å²) in [6, 6.07) is 2.44. The van der Waals surface area contributed by atoms with E-state index in [2.05, 4.69) is 5.32 Å². The number of rotatable bonds is 3. The second-order valence-corrected chi connectivity index (χ2v) is 3.34. The van der Waals surface area contributed by atoms with Gasteiger partial charge in [0.1, 0.15) is 5.75 Å². The van der Waals surface area contributed by atoms with Crippen LogP contribution in [0.15, 0.2) is 18.2 Å². The fraction of sp³-hybridized carbons (Fsp3) is 0.400. The van der Waals surface area contributed by atoms with Gasteiger partial charge in [0.05, 0.1) is 11.7 Å². The summed E-state index contributed by atoms with van der Waals surface area (Å²) in [6.45, 7) is 0.0644. The molecule has 1 aromatic carbocycles. The van der Waals surface area contributed by atoms with Crippen molar-refractivity contribution in [2.75, 3.05) is 13.6 Å². The Morgan fingerprint density at radius 2 is 2.00 bits per heavy atom. The Morgan fingerprint density at radius 3 is 2.50 bits per heavy atom. The number of aromatic hydroxyl groups is 1. The lowest BCUT2D eigenvalue weighted by molar-refractivity contribution is -0.137. The third-order valence-corrected chi connectivity index (χ3v) is 2.11. The summed E-state index contributed by atoms with van der Waals surface area (Å²) in [5.74, 6) is -0.351. The number of phenolic OH excluding ortho intramolecular Hbond substituents is 1. The summed E-state index contributed by atoms with van der Waals surface area (Å²) in [4.78, 5) is 0. The molecule has 1 aromatic rings. The van der Waals surface area contributed by atoms with Crippen LogP contribution < -0.4 is 5.32 Å². The summed E-state index contributed by atoms with van der Waals surface area (Å²) in [6.07, 6.45) is -5.66. The molecule has 6 heteroatoms. The zero-order valence-electron chi connectivity index (χ0n) is 8.54. The molecule has 0 aromatic heterocycles. The van der Waals surface area contributed by atoms with Gasteiger partial charge in [-0.05, 0) is 25.2 Å². The van der Waals surface area contributed by atoms with E-state index in [0.717, 1.165) is 18.2 Å². The van der Waals surface area contributed by atoms with Crippen LogP contribution in [-0.4, -0.2) is 23.8 Å². The highest BCUT2D eigenvalue weighted by molar-refractivity contribution is 5.38. The molecule has 0 amide bonds. The molecule has 1 rings (SSSR count). The molecule has 0 aliphatic rings. The van der Waals surface area contributed by atoms with Crippen molar-refractivity contribution in [1.29, 1.82) is 0 Å². The number of benzene rings is 1. The summed E-state index contributed by atoms with van der Waals surface area (Å²) >= 11 is 0. The van der Waals surface area contributed by atoms with E-state index in [0.29, 0.717) is 0 Å². The summed E-state index contributed by atoms with van der Waals surface area (Å²) in [5.41, 5.74) is -1.03. The second-order valence-electron chi connectivity index (χ2n) is 3.34. The van der Waals surface area contributed by atoms with E-state index in [-0.39, 0.29) is 17.9 Å². The lowest BCUT2D eigenvalue weighted by Crippen LogP contribution is -2.17. The van der Waals surface area contributed by atoms with E-state index in [1.54, 1.807) is 7.05 Å². The highest BCUT2D eigenvalue weighted by atomic mass is 19.4. The van der Waals surface area contributed by atoms with E-state index in [1.165, 1.54) is 0 Å². The van der Waals surface area contributed by atoms with Gasteiger partial charge in [-0.3, -0.25) is 0 Å². The van der Waals surface area contributed by atoms with E-state index >= 15 is 0 Å². The fourth-order valence-corrected chi connectivity index (χ4v) is 1.30. The quantitative estimate of drug-likeness (QED) is 0.746. The smallest absolute Gasteiger partial charge is 0.416 e. The van der Waals surface area contributed by atoms with E-state index in [4.69, 9.17) is 0 Å². The van der Waals surface area contributed by atoms with Gasteiger partial charge in [0.2, 0.25) is 0 Å². The van der Waals surface area contributed by atoms with Crippen LogP contribution in [0.1, 0.15) is 17.2 Å². The van der Waals surface area contributed by atoms with Crippen molar-refractivity contribution in [2.24, 2.45) is 0 Å². The van der Waals surface area contributed by atoms with Gasteiger partial charge >= 0.3 is 6.18 Å². The average molecular weight is 235 g/mol. The molecule has 0 saturated heterocycles. The molecule has 0 radical (unpaired) electrons. The summed E-state index contributed by atoms with van der Waals surface area (Å²) < 4.78 is 37.1. The SMILES string of the molecule is CNCC(O)c1cc(C(F)(F)F)ccc1O. The molecule has 0 fully saturated rings. The third kappa shape index (κ3) is 2.86. The first-order valence-electron chi connectivity index (χ1n) is 4.59. The number of phenols is 1. The standard InChI is InChI=1S/C10H12F3NO2/c1-14-5-9(16)7-4-6(10(11,12)13)2-3-8(7)15/h2-4,9,14-16H,5H2,1H3. The zero-order chi connectivity index (χ0) is 12.3. The van der Waals surface area contributed by atoms with Crippen LogP contribution in [0.4, 0.5) is 13.2 Å². The molecule has 1 unspecified atom stereocenters. The second kappa shape index (κ2) is 4.71. The monoisotopic (exact) mass is 235 g/mol. The molecule has 0 spiro atoms. The fourth-order valence-electron chi connectivity index (χ4n) is 1.30. The number of alkyl halides is 3. The number of hydrogen-bond donors (Lipinski definition) is 3. The molecular weight excluding hydrogens is 223 g/mol. The number of nitrogens with one attached hydrogen (secondary N) is 1. The van der Waals surface area contributed by atoms with Gasteiger partial charge in [-0.15, -0.1) is 0 Å². The Labute approximate surface area is 90.5 Å². The van der Waals surface area contributed by atoms with Gasteiger partial charge in [-0.2, -0.15) is 13.2 Å². The molecule has 3 nitrogen and oxygen atoms in total. The number of hydrogen-bond acceptors (Lipinski definition) is 3. The number of halogens is 3. The molecule has 0 aliphatic carbocycles. The highest BCUT2D eigenvalue weighted by Gasteiger charge is 2.31. The molecule has 3 N–H and O–H groups in total.